The summed E-state index contributed by atoms with van der Waals surface area (Å²) in [6.07, 6.45) is 0.300. The molecule has 1 saturated heterocycles. The molecule has 1 atom stereocenters. The van der Waals surface area contributed by atoms with Gasteiger partial charge >= 0.3 is 0 Å². The van der Waals surface area contributed by atoms with E-state index in [1.165, 1.54) is 34.8 Å². The Morgan fingerprint density at radius 1 is 1.26 bits per heavy atom. The molecule has 0 unspecified atom stereocenters. The van der Waals surface area contributed by atoms with Crippen molar-refractivity contribution in [3.8, 4) is 0 Å². The van der Waals surface area contributed by atoms with Gasteiger partial charge in [0.15, 0.2) is 0 Å². The fourth-order valence-corrected chi connectivity index (χ4v) is 4.60. The zero-order valence-electron chi connectivity index (χ0n) is 12.2. The van der Waals surface area contributed by atoms with Gasteiger partial charge in [-0.1, -0.05) is 29.4 Å². The molecule has 0 N–H and O–H groups in total. The summed E-state index contributed by atoms with van der Waals surface area (Å²) in [7, 11) is -3.56. The van der Waals surface area contributed by atoms with Crippen molar-refractivity contribution in [3.63, 3.8) is 0 Å². The van der Waals surface area contributed by atoms with Crippen LogP contribution in [0.3, 0.4) is 0 Å². The second-order valence-corrected chi connectivity index (χ2v) is 7.41. The second-order valence-electron chi connectivity index (χ2n) is 5.49. The van der Waals surface area contributed by atoms with Crippen molar-refractivity contribution >= 4 is 10.0 Å². The maximum absolute atomic E-state index is 12.6. The van der Waals surface area contributed by atoms with Crippen molar-refractivity contribution in [3.05, 3.63) is 53.4 Å². The zero-order valence-corrected chi connectivity index (χ0v) is 13.0. The SMILES string of the molecule is O=S(=O)(Cc1ccc(C(F)F)cc1)N1CCC[C@H]1c1ccon1. The zero-order chi connectivity index (χ0) is 16.4. The van der Waals surface area contributed by atoms with Crippen LogP contribution in [-0.2, 0) is 15.8 Å². The highest BCUT2D eigenvalue weighted by atomic mass is 32.2. The van der Waals surface area contributed by atoms with E-state index in [-0.39, 0.29) is 17.4 Å². The minimum absolute atomic E-state index is 0.118. The molecule has 1 fully saturated rings. The highest BCUT2D eigenvalue weighted by Gasteiger charge is 2.36. The number of aromatic nitrogens is 1. The molecule has 8 heteroatoms. The van der Waals surface area contributed by atoms with E-state index >= 15 is 0 Å². The molecular formula is C15H16F2N2O3S. The van der Waals surface area contributed by atoms with Crippen molar-refractivity contribution in [2.24, 2.45) is 0 Å². The van der Waals surface area contributed by atoms with Crippen molar-refractivity contribution < 1.29 is 21.7 Å². The molecule has 1 aliphatic heterocycles. The van der Waals surface area contributed by atoms with Crippen molar-refractivity contribution in [2.45, 2.75) is 31.1 Å². The third kappa shape index (κ3) is 3.42. The summed E-state index contributed by atoms with van der Waals surface area (Å²) in [4.78, 5) is 0. The minimum atomic E-state index is -3.56. The topological polar surface area (TPSA) is 63.4 Å². The van der Waals surface area contributed by atoms with E-state index in [2.05, 4.69) is 5.16 Å². The average Bonchev–Trinajstić information content (AvgIpc) is 3.18. The molecule has 5 nitrogen and oxygen atoms in total. The van der Waals surface area contributed by atoms with Gasteiger partial charge in [-0.15, -0.1) is 0 Å². The third-order valence-corrected chi connectivity index (χ3v) is 5.79. The highest BCUT2D eigenvalue weighted by Crippen LogP contribution is 2.34. The third-order valence-electron chi connectivity index (χ3n) is 3.94. The van der Waals surface area contributed by atoms with Crippen LogP contribution in [0, 0.1) is 0 Å². The van der Waals surface area contributed by atoms with Gasteiger partial charge in [0.25, 0.3) is 6.43 Å². The first kappa shape index (κ1) is 16.1. The molecule has 0 radical (unpaired) electrons. The van der Waals surface area contributed by atoms with Crippen molar-refractivity contribution in [1.82, 2.24) is 9.46 Å². The largest absolute Gasteiger partial charge is 0.364 e. The van der Waals surface area contributed by atoms with Crippen LogP contribution < -0.4 is 0 Å². The van der Waals surface area contributed by atoms with E-state index in [1.54, 1.807) is 6.07 Å². The number of benzene rings is 1. The van der Waals surface area contributed by atoms with Gasteiger partial charge in [-0.3, -0.25) is 0 Å². The fourth-order valence-electron chi connectivity index (χ4n) is 2.82. The first-order valence-corrected chi connectivity index (χ1v) is 8.85. The van der Waals surface area contributed by atoms with Gasteiger partial charge in [0, 0.05) is 18.2 Å². The lowest BCUT2D eigenvalue weighted by Crippen LogP contribution is -2.31. The van der Waals surface area contributed by atoms with Gasteiger partial charge in [0.1, 0.15) is 12.0 Å². The smallest absolute Gasteiger partial charge is 0.263 e. The summed E-state index contributed by atoms with van der Waals surface area (Å²) in [5.74, 6) is -0.217. The lowest BCUT2D eigenvalue weighted by atomic mass is 10.2. The number of halogens is 2. The van der Waals surface area contributed by atoms with Crippen molar-refractivity contribution in [2.75, 3.05) is 6.54 Å². The molecule has 0 aliphatic carbocycles. The van der Waals surface area contributed by atoms with E-state index in [0.717, 1.165) is 6.42 Å². The maximum atomic E-state index is 12.6. The molecule has 23 heavy (non-hydrogen) atoms. The van der Waals surface area contributed by atoms with Crippen LogP contribution in [0.4, 0.5) is 8.78 Å². The first-order chi connectivity index (χ1) is 11.0. The quantitative estimate of drug-likeness (QED) is 0.836. The molecule has 1 aromatic heterocycles. The van der Waals surface area contributed by atoms with Gasteiger partial charge in [-0.2, -0.15) is 4.31 Å². The Labute approximate surface area is 132 Å². The van der Waals surface area contributed by atoms with Crippen LogP contribution in [0.5, 0.6) is 0 Å². The first-order valence-electron chi connectivity index (χ1n) is 7.24. The Bertz CT molecular complexity index is 746. The molecule has 1 aromatic carbocycles. The van der Waals surface area contributed by atoms with Crippen LogP contribution in [0.25, 0.3) is 0 Å². The monoisotopic (exact) mass is 342 g/mol. The van der Waals surface area contributed by atoms with Gasteiger partial charge in [0.05, 0.1) is 11.8 Å². The summed E-state index contributed by atoms with van der Waals surface area (Å²) in [6.45, 7) is 0.426. The molecule has 2 heterocycles. The molecule has 3 rings (SSSR count). The molecule has 1 aliphatic rings. The van der Waals surface area contributed by atoms with Crippen LogP contribution in [0.2, 0.25) is 0 Å². The van der Waals surface area contributed by atoms with Crippen LogP contribution in [0.15, 0.2) is 41.1 Å². The van der Waals surface area contributed by atoms with E-state index < -0.39 is 16.4 Å². The Morgan fingerprint density at radius 3 is 2.61 bits per heavy atom. The number of nitrogens with zero attached hydrogens (tertiary/aromatic N) is 2. The number of rotatable bonds is 5. The summed E-state index contributed by atoms with van der Waals surface area (Å²) >= 11 is 0. The summed E-state index contributed by atoms with van der Waals surface area (Å²) in [5, 5.41) is 3.84. The fraction of sp³-hybridized carbons (Fsp3) is 0.400. The molecule has 0 saturated carbocycles. The minimum Gasteiger partial charge on any atom is -0.364 e. The normalized spacial score (nSPS) is 19.5. The van der Waals surface area contributed by atoms with Crippen molar-refractivity contribution in [1.29, 1.82) is 0 Å². The molecule has 0 amide bonds. The summed E-state index contributed by atoms with van der Waals surface area (Å²) in [5.41, 5.74) is 0.965. The van der Waals surface area contributed by atoms with Gasteiger partial charge in [0.2, 0.25) is 10.0 Å². The molecule has 0 bridgehead atoms. The van der Waals surface area contributed by atoms with E-state index in [0.29, 0.717) is 24.2 Å². The second kappa shape index (κ2) is 6.37. The van der Waals surface area contributed by atoms with Crippen LogP contribution in [0.1, 0.15) is 42.1 Å². The molecular weight excluding hydrogens is 326 g/mol. The molecule has 2 aromatic rings. The number of alkyl halides is 2. The van der Waals surface area contributed by atoms with E-state index in [1.807, 2.05) is 0 Å². The van der Waals surface area contributed by atoms with Gasteiger partial charge in [-0.25, -0.2) is 17.2 Å². The van der Waals surface area contributed by atoms with Crippen LogP contribution >= 0.6 is 0 Å². The Hall–Kier alpha value is -1.80. The Balaban J connectivity index is 1.78. The Morgan fingerprint density at radius 2 is 2.00 bits per heavy atom. The molecule has 0 spiro atoms. The lowest BCUT2D eigenvalue weighted by Gasteiger charge is -2.22. The van der Waals surface area contributed by atoms with Gasteiger partial charge in [-0.05, 0) is 18.4 Å². The summed E-state index contributed by atoms with van der Waals surface area (Å²) < 4.78 is 56.6. The van der Waals surface area contributed by atoms with Crippen LogP contribution in [-0.4, -0.2) is 24.4 Å². The Kier molecular flexibility index (Phi) is 4.45. The summed E-state index contributed by atoms with van der Waals surface area (Å²) in [6, 6.07) is 6.72. The number of hydrogen-bond acceptors (Lipinski definition) is 4. The standard InChI is InChI=1S/C15H16F2N2O3S/c16-15(17)12-5-3-11(4-6-12)10-23(20,21)19-8-1-2-14(19)13-7-9-22-18-13/h3-7,9,14-15H,1-2,8,10H2/t14-/m0/s1. The molecule has 124 valence electrons. The average molecular weight is 342 g/mol. The predicted octanol–water partition coefficient (Wildman–Crippen LogP) is 3.28. The van der Waals surface area contributed by atoms with E-state index in [4.69, 9.17) is 4.52 Å². The number of sulfonamides is 1. The lowest BCUT2D eigenvalue weighted by molar-refractivity contribution is 0.151. The van der Waals surface area contributed by atoms with E-state index in [9.17, 15) is 17.2 Å². The maximum Gasteiger partial charge on any atom is 0.263 e. The predicted molar refractivity (Wildman–Crippen MR) is 79.2 cm³/mol. The number of hydrogen-bond donors (Lipinski definition) is 0. The highest BCUT2D eigenvalue weighted by molar-refractivity contribution is 7.88. The van der Waals surface area contributed by atoms with Gasteiger partial charge < -0.3 is 4.52 Å².